The molecule has 0 aliphatic heterocycles. The van der Waals surface area contributed by atoms with Crippen LogP contribution in [-0.4, -0.2) is 45.4 Å². The molecule has 1 N–H and O–H groups in total. The van der Waals surface area contributed by atoms with Crippen molar-refractivity contribution >= 4 is 21.9 Å². The summed E-state index contributed by atoms with van der Waals surface area (Å²) < 4.78 is 31.6. The van der Waals surface area contributed by atoms with Crippen LogP contribution < -0.4 is 4.72 Å². The summed E-state index contributed by atoms with van der Waals surface area (Å²) in [5, 5.41) is 0. The maximum atomic E-state index is 12.5. The van der Waals surface area contributed by atoms with Crippen molar-refractivity contribution in [1.29, 1.82) is 0 Å². The van der Waals surface area contributed by atoms with Gasteiger partial charge in [0.1, 0.15) is 6.54 Å². The molecule has 0 bridgehead atoms. The van der Waals surface area contributed by atoms with Crippen LogP contribution in [-0.2, 0) is 30.8 Å². The second kappa shape index (κ2) is 9.40. The van der Waals surface area contributed by atoms with E-state index in [0.717, 1.165) is 30.4 Å². The fourth-order valence-electron chi connectivity index (χ4n) is 3.55. The van der Waals surface area contributed by atoms with E-state index >= 15 is 0 Å². The molecule has 1 unspecified atom stereocenters. The quantitative estimate of drug-likeness (QED) is 0.681. The standard InChI is InChI=1S/C22H26N2O5S/c1-16-10-12-18(13-11-16)30(27,28)23-14-22(26)29-15-21(25)24(2)20-9-5-7-17-6-3-4-8-19(17)20/h3-4,6,8,10-13,20,23H,5,7,9,14-15H2,1-2H3. The lowest BCUT2D eigenvalue weighted by molar-refractivity contribution is -0.151. The third-order valence-electron chi connectivity index (χ3n) is 5.29. The van der Waals surface area contributed by atoms with E-state index in [9.17, 15) is 18.0 Å². The lowest BCUT2D eigenvalue weighted by Gasteiger charge is -2.33. The summed E-state index contributed by atoms with van der Waals surface area (Å²) in [4.78, 5) is 26.1. The van der Waals surface area contributed by atoms with Crippen molar-refractivity contribution in [1.82, 2.24) is 9.62 Å². The summed E-state index contributed by atoms with van der Waals surface area (Å²) >= 11 is 0. The third-order valence-corrected chi connectivity index (χ3v) is 6.71. The van der Waals surface area contributed by atoms with Gasteiger partial charge in [-0.3, -0.25) is 9.59 Å². The Hall–Kier alpha value is -2.71. The highest BCUT2D eigenvalue weighted by molar-refractivity contribution is 7.89. The number of hydrogen-bond donors (Lipinski definition) is 1. The van der Waals surface area contributed by atoms with Gasteiger partial charge in [0.2, 0.25) is 10.0 Å². The van der Waals surface area contributed by atoms with E-state index in [-0.39, 0.29) is 16.8 Å². The molecule has 0 heterocycles. The molecule has 30 heavy (non-hydrogen) atoms. The number of hydrogen-bond acceptors (Lipinski definition) is 5. The van der Waals surface area contributed by atoms with Crippen LogP contribution in [0.5, 0.6) is 0 Å². The van der Waals surface area contributed by atoms with Gasteiger partial charge < -0.3 is 9.64 Å². The van der Waals surface area contributed by atoms with Gasteiger partial charge in [0.15, 0.2) is 6.61 Å². The Morgan fingerprint density at radius 1 is 1.13 bits per heavy atom. The summed E-state index contributed by atoms with van der Waals surface area (Å²) in [6, 6.07) is 14.2. The summed E-state index contributed by atoms with van der Waals surface area (Å²) in [6.45, 7) is 0.876. The maximum Gasteiger partial charge on any atom is 0.321 e. The van der Waals surface area contributed by atoms with Gasteiger partial charge in [-0.05, 0) is 49.4 Å². The molecule has 2 aromatic rings. The van der Waals surface area contributed by atoms with Crippen LogP contribution in [0.3, 0.4) is 0 Å². The number of sulfonamides is 1. The van der Waals surface area contributed by atoms with Crippen molar-refractivity contribution in [3.8, 4) is 0 Å². The smallest absolute Gasteiger partial charge is 0.321 e. The third kappa shape index (κ3) is 5.25. The normalized spacial score (nSPS) is 15.9. The summed E-state index contributed by atoms with van der Waals surface area (Å²) in [5.74, 6) is -1.14. The molecule has 1 aliphatic rings. The van der Waals surface area contributed by atoms with Crippen LogP contribution in [0, 0.1) is 6.92 Å². The van der Waals surface area contributed by atoms with Crippen molar-refractivity contribution in [3.63, 3.8) is 0 Å². The Morgan fingerprint density at radius 3 is 2.57 bits per heavy atom. The fraction of sp³-hybridized carbons (Fsp3) is 0.364. The molecule has 3 rings (SSSR count). The number of nitrogens with one attached hydrogen (secondary N) is 1. The van der Waals surface area contributed by atoms with Crippen molar-refractivity contribution < 1.29 is 22.7 Å². The molecular formula is C22H26N2O5S. The van der Waals surface area contributed by atoms with Crippen LogP contribution in [0.4, 0.5) is 0 Å². The van der Waals surface area contributed by atoms with E-state index in [1.165, 1.54) is 17.7 Å². The summed E-state index contributed by atoms with van der Waals surface area (Å²) in [6.07, 6.45) is 2.83. The molecule has 0 fully saturated rings. The van der Waals surface area contributed by atoms with Gasteiger partial charge in [-0.2, -0.15) is 4.72 Å². The van der Waals surface area contributed by atoms with Gasteiger partial charge in [-0.1, -0.05) is 42.0 Å². The minimum Gasteiger partial charge on any atom is -0.455 e. The second-order valence-corrected chi connectivity index (χ2v) is 9.18. The number of ether oxygens (including phenoxy) is 1. The van der Waals surface area contributed by atoms with Crippen LogP contribution in [0.2, 0.25) is 0 Å². The summed E-state index contributed by atoms with van der Waals surface area (Å²) in [5.41, 5.74) is 3.28. The highest BCUT2D eigenvalue weighted by Crippen LogP contribution is 2.33. The molecule has 1 aliphatic carbocycles. The highest BCUT2D eigenvalue weighted by atomic mass is 32.2. The Morgan fingerprint density at radius 2 is 1.83 bits per heavy atom. The van der Waals surface area contributed by atoms with E-state index in [4.69, 9.17) is 4.74 Å². The SMILES string of the molecule is Cc1ccc(S(=O)(=O)NCC(=O)OCC(=O)N(C)C2CCCc3ccccc32)cc1. The zero-order valence-electron chi connectivity index (χ0n) is 17.1. The Bertz CT molecular complexity index is 1020. The number of nitrogens with zero attached hydrogens (tertiary/aromatic N) is 1. The van der Waals surface area contributed by atoms with Crippen LogP contribution in [0.25, 0.3) is 0 Å². The molecular weight excluding hydrogens is 404 g/mol. The van der Waals surface area contributed by atoms with Crippen molar-refractivity contribution in [3.05, 3.63) is 65.2 Å². The van der Waals surface area contributed by atoms with Crippen molar-refractivity contribution in [2.24, 2.45) is 0 Å². The van der Waals surface area contributed by atoms with Gasteiger partial charge in [0.05, 0.1) is 10.9 Å². The molecule has 0 radical (unpaired) electrons. The molecule has 8 heteroatoms. The minimum atomic E-state index is -3.82. The monoisotopic (exact) mass is 430 g/mol. The van der Waals surface area contributed by atoms with Crippen LogP contribution >= 0.6 is 0 Å². The number of rotatable bonds is 7. The number of amides is 1. The molecule has 1 atom stereocenters. The van der Waals surface area contributed by atoms with Crippen molar-refractivity contribution in [2.75, 3.05) is 20.2 Å². The average Bonchev–Trinajstić information content (AvgIpc) is 2.75. The first-order chi connectivity index (χ1) is 14.3. The zero-order valence-corrected chi connectivity index (χ0v) is 17.9. The molecule has 0 saturated heterocycles. The fourth-order valence-corrected chi connectivity index (χ4v) is 4.52. The first-order valence-electron chi connectivity index (χ1n) is 9.83. The van der Waals surface area contributed by atoms with E-state index in [1.54, 1.807) is 24.1 Å². The average molecular weight is 431 g/mol. The van der Waals surface area contributed by atoms with Gasteiger partial charge in [0.25, 0.3) is 5.91 Å². The van der Waals surface area contributed by atoms with Crippen LogP contribution in [0.1, 0.15) is 35.6 Å². The second-order valence-electron chi connectivity index (χ2n) is 7.41. The van der Waals surface area contributed by atoms with Gasteiger partial charge >= 0.3 is 5.97 Å². The van der Waals surface area contributed by atoms with E-state index in [2.05, 4.69) is 10.8 Å². The zero-order chi connectivity index (χ0) is 21.7. The Kier molecular flexibility index (Phi) is 6.89. The highest BCUT2D eigenvalue weighted by Gasteiger charge is 2.27. The minimum absolute atomic E-state index is 0.0545. The van der Waals surface area contributed by atoms with Crippen molar-refractivity contribution in [2.45, 2.75) is 37.1 Å². The number of carbonyl (C=O) groups is 2. The van der Waals surface area contributed by atoms with Gasteiger partial charge in [-0.15, -0.1) is 0 Å². The van der Waals surface area contributed by atoms with Crippen LogP contribution in [0.15, 0.2) is 53.4 Å². The first-order valence-corrected chi connectivity index (χ1v) is 11.3. The number of likely N-dealkylation sites (N-methyl/N-ethyl adjacent to an activating group) is 1. The van der Waals surface area contributed by atoms with E-state index in [0.29, 0.717) is 0 Å². The lowest BCUT2D eigenvalue weighted by Crippen LogP contribution is -2.37. The van der Waals surface area contributed by atoms with E-state index < -0.39 is 29.1 Å². The maximum absolute atomic E-state index is 12.5. The lowest BCUT2D eigenvalue weighted by atomic mass is 9.87. The molecule has 0 saturated carbocycles. The molecule has 160 valence electrons. The molecule has 0 spiro atoms. The summed E-state index contributed by atoms with van der Waals surface area (Å²) in [7, 11) is -2.13. The predicted molar refractivity (Wildman–Crippen MR) is 112 cm³/mol. The topological polar surface area (TPSA) is 92.8 Å². The van der Waals surface area contributed by atoms with Gasteiger partial charge in [-0.25, -0.2) is 8.42 Å². The first kappa shape index (κ1) is 22.0. The molecule has 2 aromatic carbocycles. The number of aryl methyl sites for hydroxylation is 2. The number of benzene rings is 2. The molecule has 1 amide bonds. The predicted octanol–water partition coefficient (Wildman–Crippen LogP) is 2.35. The number of esters is 1. The number of fused-ring (bicyclic) bond motifs is 1. The van der Waals surface area contributed by atoms with E-state index in [1.807, 2.05) is 25.1 Å². The van der Waals surface area contributed by atoms with Gasteiger partial charge in [0, 0.05) is 7.05 Å². The Balaban J connectivity index is 1.51. The molecule has 0 aromatic heterocycles. The number of carbonyl (C=O) groups excluding carboxylic acids is 2. The largest absolute Gasteiger partial charge is 0.455 e. The Labute approximate surface area is 177 Å². The molecule has 7 nitrogen and oxygen atoms in total.